The number of nitrogens with zero attached hydrogens (tertiary/aromatic N) is 5. The molecule has 0 radical (unpaired) electrons. The summed E-state index contributed by atoms with van der Waals surface area (Å²) in [6, 6.07) is 6.22. The van der Waals surface area contributed by atoms with Gasteiger partial charge in [-0.05, 0) is 30.5 Å². The van der Waals surface area contributed by atoms with Gasteiger partial charge in [-0.25, -0.2) is 15.3 Å². The summed E-state index contributed by atoms with van der Waals surface area (Å²) in [7, 11) is 1.80. The van der Waals surface area contributed by atoms with Crippen LogP contribution in [0.4, 0.5) is 0 Å². The quantitative estimate of drug-likeness (QED) is 0.507. The summed E-state index contributed by atoms with van der Waals surface area (Å²) >= 11 is 0. The summed E-state index contributed by atoms with van der Waals surface area (Å²) < 4.78 is 3.57. The highest BCUT2D eigenvalue weighted by molar-refractivity contribution is 5.87. The average Bonchev–Trinajstić information content (AvgIpc) is 3.33. The molecule has 7 heteroatoms. The van der Waals surface area contributed by atoms with Crippen LogP contribution >= 0.6 is 0 Å². The second-order valence-electron chi connectivity index (χ2n) is 4.47. The lowest BCUT2D eigenvalue weighted by Gasteiger charge is -1.99. The first-order chi connectivity index (χ1) is 10.2. The van der Waals surface area contributed by atoms with E-state index in [4.69, 9.17) is 16.4 Å². The van der Waals surface area contributed by atoms with Crippen LogP contribution in [0.2, 0.25) is 0 Å². The van der Waals surface area contributed by atoms with E-state index in [1.54, 1.807) is 17.8 Å². The molecular weight excluding hydrogens is 268 g/mol. The normalized spacial score (nSPS) is 13.2. The third kappa shape index (κ3) is 2.93. The maximum Gasteiger partial charge on any atom is 0.329 e. The lowest BCUT2D eigenvalue weighted by atomic mass is 10.2. The van der Waals surface area contributed by atoms with Crippen LogP contribution < -0.4 is 11.5 Å². The zero-order valence-electron chi connectivity index (χ0n) is 11.7. The molecule has 3 rings (SSSR count). The van der Waals surface area contributed by atoms with E-state index in [1.807, 2.05) is 22.8 Å². The number of imidazole rings is 1. The molecule has 0 atom stereocenters. The molecule has 1 aromatic heterocycles. The Bertz CT molecular complexity index is 739. The SMILES string of the molecule is C#N.C#N.Cn1c(=O)n(C2CC2)c2ccc(C=NN)cc21. The second-order valence-corrected chi connectivity index (χ2v) is 4.47. The third-order valence-electron chi connectivity index (χ3n) is 3.25. The van der Waals surface area contributed by atoms with Gasteiger partial charge in [-0.1, -0.05) is 6.07 Å². The number of nitrogens with two attached hydrogens (primary N) is 1. The molecule has 108 valence electrons. The van der Waals surface area contributed by atoms with Gasteiger partial charge < -0.3 is 5.84 Å². The Morgan fingerprint density at radius 1 is 1.29 bits per heavy atom. The molecule has 0 saturated heterocycles. The monoisotopic (exact) mass is 284 g/mol. The van der Waals surface area contributed by atoms with Gasteiger partial charge in [-0.2, -0.15) is 5.10 Å². The highest BCUT2D eigenvalue weighted by atomic mass is 16.1. The molecule has 0 bridgehead atoms. The number of fused-ring (bicyclic) bond motifs is 1. The van der Waals surface area contributed by atoms with Crippen LogP contribution in [0.5, 0.6) is 0 Å². The maximum atomic E-state index is 12.1. The third-order valence-corrected chi connectivity index (χ3v) is 3.25. The van der Waals surface area contributed by atoms with Crippen molar-refractivity contribution in [2.75, 3.05) is 0 Å². The molecule has 2 aromatic rings. The first-order valence-corrected chi connectivity index (χ1v) is 6.18. The molecule has 1 aromatic carbocycles. The second kappa shape index (κ2) is 6.92. The summed E-state index contributed by atoms with van der Waals surface area (Å²) in [5, 5.41) is 16.5. The molecule has 1 fully saturated rings. The average molecular weight is 284 g/mol. The zero-order valence-corrected chi connectivity index (χ0v) is 11.7. The standard InChI is InChI=1S/C12H14N4O.2CHN/c1-15-11-6-8(7-14-13)2-5-10(11)16(12(15)17)9-3-4-9;2*1-2/h2,5-7,9H,3-4,13H2,1H3;2*1H. The minimum absolute atomic E-state index is 0.0596. The number of benzene rings is 1. The molecule has 1 heterocycles. The van der Waals surface area contributed by atoms with Crippen molar-refractivity contribution < 1.29 is 0 Å². The van der Waals surface area contributed by atoms with Crippen molar-refractivity contribution in [2.24, 2.45) is 18.0 Å². The van der Waals surface area contributed by atoms with Gasteiger partial charge in [0.05, 0.1) is 17.2 Å². The Hall–Kier alpha value is -3.06. The topological polar surface area (TPSA) is 113 Å². The van der Waals surface area contributed by atoms with E-state index >= 15 is 0 Å². The van der Waals surface area contributed by atoms with E-state index < -0.39 is 0 Å². The van der Waals surface area contributed by atoms with E-state index in [2.05, 4.69) is 18.2 Å². The Morgan fingerprint density at radius 3 is 2.43 bits per heavy atom. The van der Waals surface area contributed by atoms with Gasteiger partial charge >= 0.3 is 5.69 Å². The molecular formula is C14H16N6O. The van der Waals surface area contributed by atoms with Crippen LogP contribution in [-0.2, 0) is 7.05 Å². The fraction of sp³-hybridized carbons (Fsp3) is 0.286. The summed E-state index contributed by atoms with van der Waals surface area (Å²) in [4.78, 5) is 12.1. The van der Waals surface area contributed by atoms with Gasteiger partial charge in [0.25, 0.3) is 0 Å². The molecule has 0 unspecified atom stereocenters. The molecule has 7 nitrogen and oxygen atoms in total. The molecule has 0 aliphatic heterocycles. The number of aromatic nitrogens is 2. The van der Waals surface area contributed by atoms with Crippen molar-refractivity contribution in [2.45, 2.75) is 18.9 Å². The van der Waals surface area contributed by atoms with E-state index in [0.717, 1.165) is 29.4 Å². The highest BCUT2D eigenvalue weighted by Crippen LogP contribution is 2.36. The van der Waals surface area contributed by atoms with Gasteiger partial charge in [-0.15, -0.1) is 0 Å². The number of hydrogen-bond acceptors (Lipinski definition) is 5. The number of hydrogen-bond donors (Lipinski definition) is 1. The first-order valence-electron chi connectivity index (χ1n) is 6.18. The predicted octanol–water partition coefficient (Wildman–Crippen LogP) is 1.25. The Balaban J connectivity index is 0.000000510. The van der Waals surface area contributed by atoms with E-state index in [9.17, 15) is 4.79 Å². The van der Waals surface area contributed by atoms with Crippen molar-refractivity contribution in [3.05, 3.63) is 34.2 Å². The van der Waals surface area contributed by atoms with E-state index in [1.165, 1.54) is 0 Å². The minimum Gasteiger partial charge on any atom is -0.323 e. The number of nitriles is 2. The van der Waals surface area contributed by atoms with Crippen LogP contribution in [0, 0.1) is 23.7 Å². The van der Waals surface area contributed by atoms with Crippen molar-refractivity contribution in [3.63, 3.8) is 0 Å². The summed E-state index contributed by atoms with van der Waals surface area (Å²) in [6.07, 6.45) is 3.79. The molecule has 0 spiro atoms. The van der Waals surface area contributed by atoms with E-state index in [0.29, 0.717) is 6.04 Å². The van der Waals surface area contributed by atoms with Crippen molar-refractivity contribution in [1.82, 2.24) is 9.13 Å². The molecule has 0 amide bonds. The zero-order chi connectivity index (χ0) is 16.0. The summed E-state index contributed by atoms with van der Waals surface area (Å²) in [5.41, 5.74) is 2.89. The van der Waals surface area contributed by atoms with Crippen LogP contribution in [0.3, 0.4) is 0 Å². The summed E-state index contributed by atoms with van der Waals surface area (Å²) in [6.45, 7) is 7.00. The summed E-state index contributed by atoms with van der Waals surface area (Å²) in [5.74, 6) is 5.13. The molecule has 1 aliphatic carbocycles. The molecule has 21 heavy (non-hydrogen) atoms. The molecule has 1 aliphatic rings. The van der Waals surface area contributed by atoms with Gasteiger partial charge in [0, 0.05) is 26.2 Å². The number of aryl methyl sites for hydroxylation is 1. The Labute approximate surface area is 122 Å². The van der Waals surface area contributed by atoms with Gasteiger partial charge in [0.15, 0.2) is 0 Å². The fourth-order valence-corrected chi connectivity index (χ4v) is 2.23. The van der Waals surface area contributed by atoms with Crippen LogP contribution in [-0.4, -0.2) is 15.3 Å². The van der Waals surface area contributed by atoms with Gasteiger partial charge in [-0.3, -0.25) is 9.13 Å². The predicted molar refractivity (Wildman–Crippen MR) is 80.6 cm³/mol. The number of rotatable bonds is 2. The van der Waals surface area contributed by atoms with Crippen LogP contribution in [0.1, 0.15) is 24.4 Å². The van der Waals surface area contributed by atoms with Crippen molar-refractivity contribution in [3.8, 4) is 13.1 Å². The Kier molecular flexibility index (Phi) is 5.27. The lowest BCUT2D eigenvalue weighted by Crippen LogP contribution is -2.21. The lowest BCUT2D eigenvalue weighted by molar-refractivity contribution is 0.696. The minimum atomic E-state index is 0.0596. The Morgan fingerprint density at radius 2 is 1.90 bits per heavy atom. The van der Waals surface area contributed by atoms with Crippen LogP contribution in [0.25, 0.3) is 11.0 Å². The largest absolute Gasteiger partial charge is 0.329 e. The highest BCUT2D eigenvalue weighted by Gasteiger charge is 2.28. The van der Waals surface area contributed by atoms with Gasteiger partial charge in [0.1, 0.15) is 0 Å². The van der Waals surface area contributed by atoms with Crippen molar-refractivity contribution in [1.29, 1.82) is 10.5 Å². The fourth-order valence-electron chi connectivity index (χ4n) is 2.23. The van der Waals surface area contributed by atoms with Crippen molar-refractivity contribution >= 4 is 17.2 Å². The van der Waals surface area contributed by atoms with Gasteiger partial charge in [0.2, 0.25) is 0 Å². The van der Waals surface area contributed by atoms with E-state index in [-0.39, 0.29) is 5.69 Å². The van der Waals surface area contributed by atoms with Crippen LogP contribution in [0.15, 0.2) is 28.1 Å². The number of hydrazone groups is 1. The molecule has 1 saturated carbocycles. The first kappa shape index (κ1) is 16.0. The molecule has 2 N–H and O–H groups in total. The maximum absolute atomic E-state index is 12.1. The smallest absolute Gasteiger partial charge is 0.323 e.